The van der Waals surface area contributed by atoms with Crippen molar-refractivity contribution in [2.24, 2.45) is 0 Å². The van der Waals surface area contributed by atoms with E-state index in [4.69, 9.17) is 0 Å². The minimum absolute atomic E-state index is 0.174. The van der Waals surface area contributed by atoms with Crippen LogP contribution in [0.15, 0.2) is 59.4 Å². The number of carbonyl (C=O) groups excluding carboxylic acids is 1. The summed E-state index contributed by atoms with van der Waals surface area (Å²) in [7, 11) is 0. The summed E-state index contributed by atoms with van der Waals surface area (Å²) in [4.78, 5) is 24.8. The molecule has 0 aliphatic carbocycles. The highest BCUT2D eigenvalue weighted by Crippen LogP contribution is 2.33. The summed E-state index contributed by atoms with van der Waals surface area (Å²) >= 11 is 2.06. The van der Waals surface area contributed by atoms with E-state index in [-0.39, 0.29) is 11.4 Å². The van der Waals surface area contributed by atoms with Crippen LogP contribution in [-0.4, -0.2) is 15.7 Å². The van der Waals surface area contributed by atoms with Crippen molar-refractivity contribution in [2.75, 3.05) is 5.32 Å². The van der Waals surface area contributed by atoms with E-state index in [9.17, 15) is 22.8 Å². The molecular formula is C19H13F3IN3O2. The van der Waals surface area contributed by atoms with Crippen LogP contribution in [0.25, 0.3) is 5.69 Å². The molecule has 1 aromatic heterocycles. The molecular weight excluding hydrogens is 486 g/mol. The molecule has 0 saturated heterocycles. The fourth-order valence-electron chi connectivity index (χ4n) is 2.60. The van der Waals surface area contributed by atoms with E-state index < -0.39 is 28.8 Å². The number of benzene rings is 2. The molecule has 2 aromatic carbocycles. The van der Waals surface area contributed by atoms with Gasteiger partial charge in [0, 0.05) is 21.0 Å². The first kappa shape index (κ1) is 20.1. The minimum atomic E-state index is -4.61. The monoisotopic (exact) mass is 499 g/mol. The molecule has 144 valence electrons. The first-order chi connectivity index (χ1) is 13.2. The number of aromatic nitrogens is 2. The Balaban J connectivity index is 2.08. The molecule has 9 heteroatoms. The predicted octanol–water partition coefficient (Wildman–Crippen LogP) is 4.42. The number of nitrogens with zero attached hydrogens (tertiary/aromatic N) is 2. The van der Waals surface area contributed by atoms with E-state index in [2.05, 4.69) is 33.0 Å². The molecule has 0 saturated carbocycles. The van der Waals surface area contributed by atoms with Gasteiger partial charge in [-0.05, 0) is 59.8 Å². The lowest BCUT2D eigenvalue weighted by molar-refractivity contribution is -0.137. The van der Waals surface area contributed by atoms with Gasteiger partial charge in [-0.2, -0.15) is 18.3 Å². The number of hydrogen-bond acceptors (Lipinski definition) is 3. The van der Waals surface area contributed by atoms with Crippen LogP contribution >= 0.6 is 22.6 Å². The van der Waals surface area contributed by atoms with Gasteiger partial charge in [-0.3, -0.25) is 9.59 Å². The maximum Gasteiger partial charge on any atom is 0.418 e. The number of amides is 1. The molecule has 1 heterocycles. The first-order valence-electron chi connectivity index (χ1n) is 8.01. The second kappa shape index (κ2) is 7.74. The van der Waals surface area contributed by atoms with E-state index in [1.807, 2.05) is 6.07 Å². The number of anilines is 1. The van der Waals surface area contributed by atoms with Crippen LogP contribution in [0.2, 0.25) is 0 Å². The van der Waals surface area contributed by atoms with E-state index in [1.54, 1.807) is 18.2 Å². The maximum atomic E-state index is 13.3. The average molecular weight is 499 g/mol. The van der Waals surface area contributed by atoms with Crippen molar-refractivity contribution in [1.29, 1.82) is 0 Å². The molecule has 0 spiro atoms. The third-order valence-electron chi connectivity index (χ3n) is 3.84. The smallest absolute Gasteiger partial charge is 0.320 e. The van der Waals surface area contributed by atoms with Crippen molar-refractivity contribution in [3.63, 3.8) is 0 Å². The Kier molecular flexibility index (Phi) is 5.54. The molecule has 5 nitrogen and oxygen atoms in total. The highest BCUT2D eigenvalue weighted by molar-refractivity contribution is 14.1. The number of halogens is 4. The van der Waals surface area contributed by atoms with Crippen LogP contribution in [0.4, 0.5) is 18.9 Å². The van der Waals surface area contributed by atoms with Crippen molar-refractivity contribution < 1.29 is 18.0 Å². The zero-order valence-corrected chi connectivity index (χ0v) is 16.6. The van der Waals surface area contributed by atoms with Crippen molar-refractivity contribution in [1.82, 2.24) is 9.78 Å². The summed E-state index contributed by atoms with van der Waals surface area (Å²) in [5.74, 6) is -0.801. The Morgan fingerprint density at radius 1 is 1.11 bits per heavy atom. The molecule has 0 bridgehead atoms. The lowest BCUT2D eigenvalue weighted by Crippen LogP contribution is -2.27. The molecule has 3 rings (SSSR count). The largest absolute Gasteiger partial charge is 0.418 e. The molecule has 0 unspecified atom stereocenters. The van der Waals surface area contributed by atoms with Gasteiger partial charge in [0.05, 0.1) is 11.3 Å². The predicted molar refractivity (Wildman–Crippen MR) is 107 cm³/mol. The number of aryl methyl sites for hydroxylation is 1. The Morgan fingerprint density at radius 3 is 2.50 bits per heavy atom. The van der Waals surface area contributed by atoms with Gasteiger partial charge in [0.2, 0.25) is 5.43 Å². The molecule has 0 aliphatic heterocycles. The highest BCUT2D eigenvalue weighted by Gasteiger charge is 2.34. The van der Waals surface area contributed by atoms with Crippen molar-refractivity contribution in [3.05, 3.63) is 85.3 Å². The van der Waals surface area contributed by atoms with Crippen LogP contribution in [0.3, 0.4) is 0 Å². The van der Waals surface area contributed by atoms with Gasteiger partial charge in [-0.25, -0.2) is 4.68 Å². The third kappa shape index (κ3) is 4.24. The van der Waals surface area contributed by atoms with E-state index in [0.29, 0.717) is 5.69 Å². The third-order valence-corrected chi connectivity index (χ3v) is 4.51. The normalized spacial score (nSPS) is 11.3. The lowest BCUT2D eigenvalue weighted by atomic mass is 10.1. The minimum Gasteiger partial charge on any atom is -0.320 e. The summed E-state index contributed by atoms with van der Waals surface area (Å²) in [5, 5.41) is 6.47. The molecule has 28 heavy (non-hydrogen) atoms. The van der Waals surface area contributed by atoms with E-state index in [0.717, 1.165) is 20.4 Å². The summed E-state index contributed by atoms with van der Waals surface area (Å²) < 4.78 is 41.9. The van der Waals surface area contributed by atoms with E-state index in [1.165, 1.54) is 25.1 Å². The maximum absolute atomic E-state index is 13.3. The molecule has 0 fully saturated rings. The fraction of sp³-hybridized carbons (Fsp3) is 0.105. The van der Waals surface area contributed by atoms with Crippen LogP contribution < -0.4 is 10.7 Å². The number of carbonyl (C=O) groups is 1. The average Bonchev–Trinajstić information content (AvgIpc) is 2.61. The Hall–Kier alpha value is -2.69. The first-order valence-corrected chi connectivity index (χ1v) is 9.09. The number of rotatable bonds is 3. The van der Waals surface area contributed by atoms with Crippen LogP contribution in [0.1, 0.15) is 21.7 Å². The van der Waals surface area contributed by atoms with Crippen molar-refractivity contribution in [2.45, 2.75) is 13.1 Å². The standard InChI is InChI=1S/C19H13F3IN3O2/c1-11-9-16(27)17(18(28)24-13-6-4-5-12(23)10-13)25-26(11)15-8-3-2-7-14(15)19(20,21)22/h2-10H,1H3,(H,24,28). The molecule has 1 amide bonds. The summed E-state index contributed by atoms with van der Waals surface area (Å²) in [6, 6.07) is 12.8. The molecule has 3 aromatic rings. The van der Waals surface area contributed by atoms with Crippen molar-refractivity contribution >= 4 is 34.2 Å². The molecule has 0 atom stereocenters. The molecule has 1 N–H and O–H groups in total. The quantitative estimate of drug-likeness (QED) is 0.543. The summed E-state index contributed by atoms with van der Waals surface area (Å²) in [6.45, 7) is 1.45. The van der Waals surface area contributed by atoms with Crippen LogP contribution in [-0.2, 0) is 6.18 Å². The zero-order valence-electron chi connectivity index (χ0n) is 14.4. The lowest BCUT2D eigenvalue weighted by Gasteiger charge is -2.16. The summed E-state index contributed by atoms with van der Waals surface area (Å²) in [6.07, 6.45) is -4.61. The topological polar surface area (TPSA) is 64.0 Å². The van der Waals surface area contributed by atoms with E-state index >= 15 is 0 Å². The van der Waals surface area contributed by atoms with Crippen molar-refractivity contribution in [3.8, 4) is 5.69 Å². The SMILES string of the molecule is Cc1cc(=O)c(C(=O)Nc2cccc(I)c2)nn1-c1ccccc1C(F)(F)F. The number of para-hydroxylation sites is 1. The van der Waals surface area contributed by atoms with Gasteiger partial charge >= 0.3 is 6.18 Å². The van der Waals surface area contributed by atoms with Gasteiger partial charge in [0.25, 0.3) is 5.91 Å². The fourth-order valence-corrected chi connectivity index (χ4v) is 3.15. The highest BCUT2D eigenvalue weighted by atomic mass is 127. The molecule has 0 radical (unpaired) electrons. The Bertz CT molecular complexity index is 1110. The van der Waals surface area contributed by atoms with Crippen LogP contribution in [0.5, 0.6) is 0 Å². The van der Waals surface area contributed by atoms with Gasteiger partial charge in [-0.1, -0.05) is 18.2 Å². The number of alkyl halides is 3. The van der Waals surface area contributed by atoms with Gasteiger partial charge in [0.1, 0.15) is 0 Å². The number of nitrogens with one attached hydrogen (secondary N) is 1. The molecule has 0 aliphatic rings. The van der Waals surface area contributed by atoms with Gasteiger partial charge in [0.15, 0.2) is 5.69 Å². The second-order valence-corrected chi connectivity index (χ2v) is 7.14. The number of hydrogen-bond donors (Lipinski definition) is 1. The zero-order chi connectivity index (χ0) is 20.5. The van der Waals surface area contributed by atoms with Crippen LogP contribution in [0, 0.1) is 10.5 Å². The second-order valence-electron chi connectivity index (χ2n) is 5.89. The Labute approximate surface area is 171 Å². The van der Waals surface area contributed by atoms with Gasteiger partial charge < -0.3 is 5.32 Å². The van der Waals surface area contributed by atoms with Gasteiger partial charge in [-0.15, -0.1) is 0 Å². The Morgan fingerprint density at radius 2 is 1.82 bits per heavy atom. The summed E-state index contributed by atoms with van der Waals surface area (Å²) in [5.41, 5.74) is -1.75.